The molecule has 0 aliphatic heterocycles. The topological polar surface area (TPSA) is 95.0 Å². The summed E-state index contributed by atoms with van der Waals surface area (Å²) >= 11 is 0. The summed E-state index contributed by atoms with van der Waals surface area (Å²) in [6.45, 7) is 13.5. The number of hydrogen-bond donors (Lipinski definition) is 4. The van der Waals surface area contributed by atoms with Crippen molar-refractivity contribution in [3.8, 4) is 5.75 Å². The number of rotatable bonds is 10. The Kier molecular flexibility index (Phi) is 9.79. The fourth-order valence-corrected chi connectivity index (χ4v) is 2.44. The molecule has 1 atom stereocenters. The largest absolute Gasteiger partial charge is 0.491 e. The van der Waals surface area contributed by atoms with E-state index in [1.54, 1.807) is 0 Å². The molecule has 7 nitrogen and oxygen atoms in total. The first-order valence-electron chi connectivity index (χ1n) is 9.94. The van der Waals surface area contributed by atoms with Gasteiger partial charge in [0.2, 0.25) is 5.91 Å². The third-order valence-electron chi connectivity index (χ3n) is 4.03. The quantitative estimate of drug-likeness (QED) is 0.362. The number of carbonyl (C=O) groups is 1. The second-order valence-electron chi connectivity index (χ2n) is 7.57. The van der Waals surface area contributed by atoms with Gasteiger partial charge in [0.15, 0.2) is 5.96 Å². The molecule has 0 spiro atoms. The molecule has 0 aliphatic carbocycles. The molecule has 7 heteroatoms. The van der Waals surface area contributed by atoms with E-state index in [1.807, 2.05) is 65.8 Å². The predicted molar refractivity (Wildman–Crippen MR) is 114 cm³/mol. The summed E-state index contributed by atoms with van der Waals surface area (Å²) in [5, 5.41) is 19.6. The van der Waals surface area contributed by atoms with E-state index in [9.17, 15) is 9.90 Å². The molecule has 1 unspecified atom stereocenters. The summed E-state index contributed by atoms with van der Waals surface area (Å²) in [5.41, 5.74) is 0.186. The predicted octanol–water partition coefficient (Wildman–Crippen LogP) is 2.22. The molecular formula is C21H36N4O3. The summed E-state index contributed by atoms with van der Waals surface area (Å²) < 4.78 is 5.62. The van der Waals surface area contributed by atoms with Crippen molar-refractivity contribution in [2.45, 2.75) is 53.8 Å². The Labute approximate surface area is 169 Å². The molecular weight excluding hydrogens is 356 g/mol. The Morgan fingerprint density at radius 2 is 1.71 bits per heavy atom. The van der Waals surface area contributed by atoms with Gasteiger partial charge in [-0.2, -0.15) is 0 Å². The molecule has 0 radical (unpaired) electrons. The van der Waals surface area contributed by atoms with Crippen LogP contribution in [0.2, 0.25) is 0 Å². The molecule has 1 rings (SSSR count). The molecule has 0 aliphatic rings. The smallest absolute Gasteiger partial charge is 0.227 e. The second-order valence-corrected chi connectivity index (χ2v) is 7.57. The number of guanidine groups is 1. The molecule has 0 aromatic heterocycles. The molecule has 0 heterocycles. The number of amides is 1. The maximum absolute atomic E-state index is 12.1. The summed E-state index contributed by atoms with van der Waals surface area (Å²) in [6.07, 6.45) is -0.576. The van der Waals surface area contributed by atoms with E-state index < -0.39 is 11.5 Å². The number of carbonyl (C=O) groups excluding carboxylic acids is 1. The van der Waals surface area contributed by atoms with Gasteiger partial charge in [0.05, 0.1) is 24.2 Å². The Balaban J connectivity index is 2.67. The third-order valence-corrected chi connectivity index (χ3v) is 4.03. The molecule has 1 aromatic rings. The van der Waals surface area contributed by atoms with Gasteiger partial charge in [-0.25, -0.2) is 0 Å². The van der Waals surface area contributed by atoms with Crippen molar-refractivity contribution in [2.75, 3.05) is 26.2 Å². The van der Waals surface area contributed by atoms with E-state index >= 15 is 0 Å². The van der Waals surface area contributed by atoms with Crippen LogP contribution in [-0.4, -0.2) is 49.3 Å². The van der Waals surface area contributed by atoms with Crippen LogP contribution in [0, 0.1) is 5.41 Å². The minimum atomic E-state index is -0.687. The second kappa shape index (κ2) is 11.5. The number of aliphatic imine (C=N–C) groups is 1. The molecule has 0 saturated heterocycles. The fraction of sp³-hybridized carbons (Fsp3) is 0.619. The zero-order valence-electron chi connectivity index (χ0n) is 18.0. The SMILES string of the molecule is CCNC(=O)C(C)(C)CN=C(NCC)NCC(O)c1ccc(OC(C)C)cc1. The maximum Gasteiger partial charge on any atom is 0.227 e. The summed E-state index contributed by atoms with van der Waals surface area (Å²) in [6, 6.07) is 7.41. The number of nitrogens with zero attached hydrogens (tertiary/aromatic N) is 1. The number of hydrogen-bond acceptors (Lipinski definition) is 4. The number of nitrogens with one attached hydrogen (secondary N) is 3. The minimum Gasteiger partial charge on any atom is -0.491 e. The third kappa shape index (κ3) is 8.17. The van der Waals surface area contributed by atoms with Crippen LogP contribution in [0.15, 0.2) is 29.3 Å². The van der Waals surface area contributed by atoms with Gasteiger partial charge in [-0.05, 0) is 59.2 Å². The molecule has 4 N–H and O–H groups in total. The van der Waals surface area contributed by atoms with Crippen molar-refractivity contribution in [2.24, 2.45) is 10.4 Å². The molecule has 1 amide bonds. The minimum absolute atomic E-state index is 0.0293. The van der Waals surface area contributed by atoms with E-state index in [1.165, 1.54) is 0 Å². The van der Waals surface area contributed by atoms with Crippen LogP contribution in [0.1, 0.15) is 53.2 Å². The van der Waals surface area contributed by atoms with Crippen LogP contribution in [0.3, 0.4) is 0 Å². The highest BCUT2D eigenvalue weighted by Crippen LogP contribution is 2.18. The average Bonchev–Trinajstić information content (AvgIpc) is 2.64. The van der Waals surface area contributed by atoms with Crippen molar-refractivity contribution in [3.63, 3.8) is 0 Å². The summed E-state index contributed by atoms with van der Waals surface area (Å²) in [7, 11) is 0. The van der Waals surface area contributed by atoms with Crippen LogP contribution in [0.5, 0.6) is 5.75 Å². The van der Waals surface area contributed by atoms with E-state index in [2.05, 4.69) is 20.9 Å². The molecule has 0 saturated carbocycles. The molecule has 28 heavy (non-hydrogen) atoms. The van der Waals surface area contributed by atoms with E-state index in [-0.39, 0.29) is 12.0 Å². The van der Waals surface area contributed by atoms with Gasteiger partial charge in [0.25, 0.3) is 0 Å². The van der Waals surface area contributed by atoms with Crippen LogP contribution in [0.4, 0.5) is 0 Å². The highest BCUT2D eigenvalue weighted by Gasteiger charge is 2.26. The van der Waals surface area contributed by atoms with Crippen molar-refractivity contribution >= 4 is 11.9 Å². The lowest BCUT2D eigenvalue weighted by Gasteiger charge is -2.22. The van der Waals surface area contributed by atoms with Crippen LogP contribution in [-0.2, 0) is 4.79 Å². The van der Waals surface area contributed by atoms with Crippen LogP contribution >= 0.6 is 0 Å². The van der Waals surface area contributed by atoms with Gasteiger partial charge < -0.3 is 25.8 Å². The maximum atomic E-state index is 12.1. The average molecular weight is 393 g/mol. The molecule has 0 bridgehead atoms. The van der Waals surface area contributed by atoms with Gasteiger partial charge >= 0.3 is 0 Å². The molecule has 158 valence electrons. The van der Waals surface area contributed by atoms with Crippen molar-refractivity contribution < 1.29 is 14.6 Å². The van der Waals surface area contributed by atoms with Gasteiger partial charge in [0.1, 0.15) is 5.75 Å². The monoisotopic (exact) mass is 392 g/mol. The van der Waals surface area contributed by atoms with Gasteiger partial charge in [-0.3, -0.25) is 9.79 Å². The number of aliphatic hydroxyl groups excluding tert-OH is 1. The zero-order valence-corrected chi connectivity index (χ0v) is 18.0. The standard InChI is InChI=1S/C21H36N4O3/c1-7-22-19(27)21(5,6)14-25-20(23-8-2)24-13-18(26)16-9-11-17(12-10-16)28-15(3)4/h9-12,15,18,26H,7-8,13-14H2,1-6H3,(H,22,27)(H2,23,24,25). The first-order valence-corrected chi connectivity index (χ1v) is 9.94. The fourth-order valence-electron chi connectivity index (χ4n) is 2.44. The summed E-state index contributed by atoms with van der Waals surface area (Å²) in [5.74, 6) is 1.32. The lowest BCUT2D eigenvalue weighted by atomic mass is 9.92. The van der Waals surface area contributed by atoms with Crippen molar-refractivity contribution in [1.82, 2.24) is 16.0 Å². The van der Waals surface area contributed by atoms with E-state index in [0.29, 0.717) is 32.1 Å². The first-order chi connectivity index (χ1) is 13.2. The number of aliphatic hydroxyl groups is 1. The van der Waals surface area contributed by atoms with E-state index in [0.717, 1.165) is 11.3 Å². The lowest BCUT2D eigenvalue weighted by Crippen LogP contribution is -2.42. The van der Waals surface area contributed by atoms with Gasteiger partial charge in [-0.15, -0.1) is 0 Å². The van der Waals surface area contributed by atoms with Crippen LogP contribution in [0.25, 0.3) is 0 Å². The van der Waals surface area contributed by atoms with E-state index in [4.69, 9.17) is 4.74 Å². The number of ether oxygens (including phenoxy) is 1. The highest BCUT2D eigenvalue weighted by atomic mass is 16.5. The molecule has 0 fully saturated rings. The first kappa shape index (κ1) is 23.8. The lowest BCUT2D eigenvalue weighted by molar-refractivity contribution is -0.128. The van der Waals surface area contributed by atoms with Gasteiger partial charge in [0, 0.05) is 19.6 Å². The Bertz CT molecular complexity index is 627. The normalized spacial score (nSPS) is 13.2. The highest BCUT2D eigenvalue weighted by molar-refractivity contribution is 5.83. The van der Waals surface area contributed by atoms with Crippen molar-refractivity contribution in [1.29, 1.82) is 0 Å². The van der Waals surface area contributed by atoms with Crippen molar-refractivity contribution in [3.05, 3.63) is 29.8 Å². The Hall–Kier alpha value is -2.28. The van der Waals surface area contributed by atoms with Gasteiger partial charge in [-0.1, -0.05) is 12.1 Å². The summed E-state index contributed by atoms with van der Waals surface area (Å²) in [4.78, 5) is 16.6. The number of benzene rings is 1. The Morgan fingerprint density at radius 1 is 1.11 bits per heavy atom. The zero-order chi connectivity index (χ0) is 21.2. The Morgan fingerprint density at radius 3 is 2.25 bits per heavy atom. The van der Waals surface area contributed by atoms with Crippen LogP contribution < -0.4 is 20.7 Å². The molecule has 1 aromatic carbocycles.